The maximum absolute atomic E-state index is 12.8. The number of ether oxygens (including phenoxy) is 1. The summed E-state index contributed by atoms with van der Waals surface area (Å²) >= 11 is 0. The van der Waals surface area contributed by atoms with E-state index in [4.69, 9.17) is 4.74 Å². The molecule has 6 heteroatoms. The number of aromatic nitrogens is 3. The van der Waals surface area contributed by atoms with Crippen LogP contribution in [0.15, 0.2) is 103 Å². The van der Waals surface area contributed by atoms with Crippen LogP contribution in [0.5, 0.6) is 11.6 Å². The van der Waals surface area contributed by atoms with Crippen molar-refractivity contribution in [2.45, 2.75) is 0 Å². The Hall–Kier alpha value is -4.45. The summed E-state index contributed by atoms with van der Waals surface area (Å²) in [5.74, 6) is 1.55. The molecule has 5 aromatic rings. The largest absolute Gasteiger partial charge is 0.438 e. The second-order valence-corrected chi connectivity index (χ2v) is 6.93. The van der Waals surface area contributed by atoms with Crippen molar-refractivity contribution in [2.24, 2.45) is 0 Å². The number of amides is 1. The van der Waals surface area contributed by atoms with E-state index in [1.165, 1.54) is 0 Å². The Bertz CT molecular complexity index is 1320. The van der Waals surface area contributed by atoms with Crippen LogP contribution in [0.25, 0.3) is 16.6 Å². The second-order valence-electron chi connectivity index (χ2n) is 6.93. The van der Waals surface area contributed by atoms with E-state index in [9.17, 15) is 4.79 Å². The van der Waals surface area contributed by atoms with E-state index in [1.807, 2.05) is 77.6 Å². The first-order chi connectivity index (χ1) is 15.3. The smallest absolute Gasteiger partial charge is 0.256 e. The van der Waals surface area contributed by atoms with Gasteiger partial charge < -0.3 is 14.6 Å². The molecule has 1 amide bonds. The van der Waals surface area contributed by atoms with E-state index in [0.717, 1.165) is 10.8 Å². The molecule has 0 saturated heterocycles. The van der Waals surface area contributed by atoms with Crippen molar-refractivity contribution in [2.75, 3.05) is 5.32 Å². The average molecular weight is 406 g/mol. The molecule has 0 unspecified atom stereocenters. The van der Waals surface area contributed by atoms with E-state index >= 15 is 0 Å². The van der Waals surface area contributed by atoms with E-state index in [1.54, 1.807) is 30.3 Å². The molecular formula is C25H18N4O2. The highest BCUT2D eigenvalue weighted by molar-refractivity contribution is 6.12. The molecule has 1 N–H and O–H groups in total. The summed E-state index contributed by atoms with van der Waals surface area (Å²) in [5.41, 5.74) is 1.32. The molecule has 6 nitrogen and oxygen atoms in total. The molecule has 0 aliphatic heterocycles. The first-order valence-electron chi connectivity index (χ1n) is 9.80. The number of anilines is 1. The quantitative estimate of drug-likeness (QED) is 0.420. The van der Waals surface area contributed by atoms with Gasteiger partial charge in [0.1, 0.15) is 5.75 Å². The van der Waals surface area contributed by atoms with Gasteiger partial charge in [0.25, 0.3) is 5.91 Å². The molecule has 150 valence electrons. The molecule has 0 aliphatic carbocycles. The SMILES string of the molecule is O=C(Nc1ccc(Oc2ccc(-n3cccc3)nn2)cc1)c1cccc2ccccc12. The van der Waals surface area contributed by atoms with E-state index in [-0.39, 0.29) is 5.91 Å². The maximum atomic E-state index is 12.8. The van der Waals surface area contributed by atoms with Crippen LogP contribution in [0.4, 0.5) is 5.69 Å². The predicted octanol–water partition coefficient (Wildman–Crippen LogP) is 5.47. The Morgan fingerprint density at radius 1 is 0.774 bits per heavy atom. The molecule has 31 heavy (non-hydrogen) atoms. The van der Waals surface area contributed by atoms with Gasteiger partial charge in [0.2, 0.25) is 5.88 Å². The standard InChI is InChI=1S/C25H18N4O2/c30-25(22-9-5-7-18-6-1-2-8-21(18)22)26-19-10-12-20(13-11-19)31-24-15-14-23(27-28-24)29-16-3-4-17-29/h1-17H,(H,26,30). The van der Waals surface area contributed by atoms with Crippen LogP contribution in [-0.4, -0.2) is 20.7 Å². The van der Waals surface area contributed by atoms with Gasteiger partial charge in [-0.3, -0.25) is 4.79 Å². The van der Waals surface area contributed by atoms with Gasteiger partial charge in [-0.25, -0.2) is 0 Å². The van der Waals surface area contributed by atoms with Gasteiger partial charge in [0.15, 0.2) is 5.82 Å². The number of carbonyl (C=O) groups excluding carboxylic acids is 1. The number of rotatable bonds is 5. The fourth-order valence-corrected chi connectivity index (χ4v) is 3.34. The zero-order valence-electron chi connectivity index (χ0n) is 16.5. The van der Waals surface area contributed by atoms with E-state index in [0.29, 0.717) is 28.7 Å². The molecule has 2 aromatic heterocycles. The van der Waals surface area contributed by atoms with Gasteiger partial charge in [-0.1, -0.05) is 36.4 Å². The minimum atomic E-state index is -0.156. The van der Waals surface area contributed by atoms with Crippen molar-refractivity contribution in [1.29, 1.82) is 0 Å². The average Bonchev–Trinajstić information content (AvgIpc) is 3.35. The van der Waals surface area contributed by atoms with Gasteiger partial charge in [-0.15, -0.1) is 10.2 Å². The Morgan fingerprint density at radius 2 is 1.55 bits per heavy atom. The molecule has 0 aliphatic rings. The number of benzene rings is 3. The predicted molar refractivity (Wildman–Crippen MR) is 120 cm³/mol. The van der Waals surface area contributed by atoms with Gasteiger partial charge >= 0.3 is 0 Å². The van der Waals surface area contributed by atoms with Crippen molar-refractivity contribution in [3.05, 3.63) is 109 Å². The minimum Gasteiger partial charge on any atom is -0.438 e. The van der Waals surface area contributed by atoms with Crippen LogP contribution in [0.3, 0.4) is 0 Å². The van der Waals surface area contributed by atoms with Gasteiger partial charge in [0, 0.05) is 29.7 Å². The zero-order valence-corrected chi connectivity index (χ0v) is 16.5. The summed E-state index contributed by atoms with van der Waals surface area (Å²) in [5, 5.41) is 13.2. The minimum absolute atomic E-state index is 0.156. The van der Waals surface area contributed by atoms with Gasteiger partial charge in [0.05, 0.1) is 0 Å². The van der Waals surface area contributed by atoms with Crippen LogP contribution in [0, 0.1) is 0 Å². The third-order valence-corrected chi connectivity index (χ3v) is 4.86. The first-order valence-corrected chi connectivity index (χ1v) is 9.80. The summed E-state index contributed by atoms with van der Waals surface area (Å²) in [6.07, 6.45) is 3.80. The summed E-state index contributed by atoms with van der Waals surface area (Å²) in [4.78, 5) is 12.8. The zero-order chi connectivity index (χ0) is 21.0. The molecule has 2 heterocycles. The molecule has 0 saturated carbocycles. The second kappa shape index (κ2) is 8.12. The molecular weight excluding hydrogens is 388 g/mol. The summed E-state index contributed by atoms with van der Waals surface area (Å²) in [7, 11) is 0. The fraction of sp³-hybridized carbons (Fsp3) is 0. The Labute approximate surface area is 178 Å². The number of nitrogens with one attached hydrogen (secondary N) is 1. The van der Waals surface area contributed by atoms with Crippen molar-refractivity contribution in [3.8, 4) is 17.4 Å². The van der Waals surface area contributed by atoms with Gasteiger partial charge in [-0.2, -0.15) is 0 Å². The van der Waals surface area contributed by atoms with Crippen molar-refractivity contribution in [1.82, 2.24) is 14.8 Å². The number of hydrogen-bond acceptors (Lipinski definition) is 4. The lowest BCUT2D eigenvalue weighted by molar-refractivity contribution is 0.102. The number of fused-ring (bicyclic) bond motifs is 1. The monoisotopic (exact) mass is 406 g/mol. The molecule has 3 aromatic carbocycles. The fourth-order valence-electron chi connectivity index (χ4n) is 3.34. The Morgan fingerprint density at radius 3 is 2.32 bits per heavy atom. The van der Waals surface area contributed by atoms with E-state index < -0.39 is 0 Å². The van der Waals surface area contributed by atoms with Crippen molar-refractivity contribution < 1.29 is 9.53 Å². The molecule has 0 atom stereocenters. The highest BCUT2D eigenvalue weighted by atomic mass is 16.5. The highest BCUT2D eigenvalue weighted by Gasteiger charge is 2.10. The van der Waals surface area contributed by atoms with Crippen LogP contribution in [0.2, 0.25) is 0 Å². The highest BCUT2D eigenvalue weighted by Crippen LogP contribution is 2.23. The number of hydrogen-bond donors (Lipinski definition) is 1. The third kappa shape index (κ3) is 4.00. The molecule has 5 rings (SSSR count). The van der Waals surface area contributed by atoms with Gasteiger partial charge in [-0.05, 0) is 59.3 Å². The Kier molecular flexibility index (Phi) is 4.86. The number of nitrogens with zero attached hydrogens (tertiary/aromatic N) is 3. The lowest BCUT2D eigenvalue weighted by atomic mass is 10.0. The summed E-state index contributed by atoms with van der Waals surface area (Å²) in [6, 6.07) is 28.1. The molecule has 0 spiro atoms. The number of carbonyl (C=O) groups is 1. The molecule has 0 radical (unpaired) electrons. The normalized spacial score (nSPS) is 10.7. The summed E-state index contributed by atoms with van der Waals surface area (Å²) < 4.78 is 7.62. The van der Waals surface area contributed by atoms with Crippen LogP contribution in [-0.2, 0) is 0 Å². The molecule has 0 bridgehead atoms. The van der Waals surface area contributed by atoms with E-state index in [2.05, 4.69) is 15.5 Å². The van der Waals surface area contributed by atoms with Crippen LogP contribution in [0.1, 0.15) is 10.4 Å². The van der Waals surface area contributed by atoms with Crippen molar-refractivity contribution >= 4 is 22.4 Å². The first kappa shape index (κ1) is 18.6. The van der Waals surface area contributed by atoms with Crippen LogP contribution < -0.4 is 10.1 Å². The summed E-state index contributed by atoms with van der Waals surface area (Å²) in [6.45, 7) is 0. The van der Waals surface area contributed by atoms with Crippen LogP contribution >= 0.6 is 0 Å². The molecule has 0 fully saturated rings. The Balaban J connectivity index is 1.27. The third-order valence-electron chi connectivity index (χ3n) is 4.86. The lowest BCUT2D eigenvalue weighted by Gasteiger charge is -2.09. The lowest BCUT2D eigenvalue weighted by Crippen LogP contribution is -2.12. The maximum Gasteiger partial charge on any atom is 0.256 e. The topological polar surface area (TPSA) is 69.0 Å². The van der Waals surface area contributed by atoms with Crippen molar-refractivity contribution in [3.63, 3.8) is 0 Å².